The Morgan fingerprint density at radius 1 is 1.43 bits per heavy atom. The molecule has 0 aromatic carbocycles. The van der Waals surface area contributed by atoms with Crippen molar-refractivity contribution in [3.63, 3.8) is 0 Å². The molecule has 0 rings (SSSR count). The number of alkyl halides is 1. The van der Waals surface area contributed by atoms with Crippen LogP contribution in [0.15, 0.2) is 12.2 Å². The maximum absolute atomic E-state index is 5.36. The van der Waals surface area contributed by atoms with Gasteiger partial charge in [0.1, 0.15) is 5.01 Å². The molecule has 0 aromatic rings. The zero-order valence-corrected chi connectivity index (χ0v) is 11.7. The van der Waals surface area contributed by atoms with Crippen molar-refractivity contribution in [1.29, 1.82) is 0 Å². The lowest BCUT2D eigenvalue weighted by Gasteiger charge is -2.09. The minimum Gasteiger partial charge on any atom is -0.363 e. The highest BCUT2D eigenvalue weighted by molar-refractivity contribution is 9.09. The van der Waals surface area contributed by atoms with Crippen LogP contribution in [0.4, 0.5) is 0 Å². The van der Waals surface area contributed by atoms with Gasteiger partial charge in [0.25, 0.3) is 0 Å². The van der Waals surface area contributed by atoms with Crippen molar-refractivity contribution in [3.05, 3.63) is 12.2 Å². The summed E-state index contributed by atoms with van der Waals surface area (Å²) in [6.45, 7) is 8.51. The summed E-state index contributed by atoms with van der Waals surface area (Å²) in [5.41, 5.74) is 1.07. The predicted molar refractivity (Wildman–Crippen MR) is 68.0 cm³/mol. The molecule has 0 aliphatic carbocycles. The zero-order valence-electron chi connectivity index (χ0n) is 10.1. The zero-order chi connectivity index (χ0) is 11.6. The Morgan fingerprint density at radius 2 is 1.86 bits per heavy atom. The molecule has 0 radical (unpaired) electrons. The molecule has 0 amide bonds. The summed E-state index contributed by atoms with van der Waals surface area (Å²) in [5, 5.41) is 0.203. The van der Waals surface area contributed by atoms with E-state index < -0.39 is 0 Å². The van der Waals surface area contributed by atoms with Crippen LogP contribution in [0.1, 0.15) is 26.7 Å². The minimum atomic E-state index is 0.203. The number of hydrogen-bond donors (Lipinski definition) is 0. The highest BCUT2D eigenvalue weighted by Crippen LogP contribution is 2.09. The van der Waals surface area contributed by atoms with Gasteiger partial charge in [-0.1, -0.05) is 41.4 Å². The quantitative estimate of drug-likeness (QED) is 0.559. The highest BCUT2D eigenvalue weighted by atomic mass is 79.9. The largest absolute Gasteiger partial charge is 0.363 e. The van der Waals surface area contributed by atoms with Crippen LogP contribution in [0.5, 0.6) is 0 Å². The van der Waals surface area contributed by atoms with Crippen molar-refractivity contribution in [2.45, 2.75) is 31.7 Å². The number of rotatable bonds is 5. The number of ether oxygens (including phenoxy) is 1. The molecule has 2 nitrogen and oxygen atoms in total. The molecule has 0 aromatic heterocycles. The lowest BCUT2D eigenvalue weighted by molar-refractivity contribution is 0.131. The molecule has 0 heterocycles. The summed E-state index contributed by atoms with van der Waals surface area (Å²) < 4.78 is 5.36. The topological polar surface area (TPSA) is 12.5 Å². The Hall–Kier alpha value is 0.140. The summed E-state index contributed by atoms with van der Waals surface area (Å²) in [7, 11) is 6.00. The van der Waals surface area contributed by atoms with Crippen LogP contribution in [-0.2, 0) is 4.74 Å². The van der Waals surface area contributed by atoms with E-state index in [9.17, 15) is 0 Å². The Bertz CT molecular complexity index is 134. The van der Waals surface area contributed by atoms with Crippen molar-refractivity contribution >= 4 is 15.9 Å². The third kappa shape index (κ3) is 22.7. The van der Waals surface area contributed by atoms with E-state index in [4.69, 9.17) is 4.74 Å². The van der Waals surface area contributed by atoms with Gasteiger partial charge in [0, 0.05) is 0 Å². The van der Waals surface area contributed by atoms with Gasteiger partial charge in [-0.3, -0.25) is 0 Å². The first-order valence-electron chi connectivity index (χ1n) is 4.91. The SMILES string of the molecule is C=C(C)COC(Br)CCC.CN(C)C. The second-order valence-electron chi connectivity index (χ2n) is 3.81. The van der Waals surface area contributed by atoms with Crippen LogP contribution in [0.2, 0.25) is 0 Å². The molecule has 0 spiro atoms. The van der Waals surface area contributed by atoms with Crippen LogP contribution < -0.4 is 0 Å². The van der Waals surface area contributed by atoms with Crippen LogP contribution in [0.3, 0.4) is 0 Å². The normalized spacial score (nSPS) is 11.9. The summed E-state index contributed by atoms with van der Waals surface area (Å²) >= 11 is 3.40. The van der Waals surface area contributed by atoms with Crippen molar-refractivity contribution in [1.82, 2.24) is 4.90 Å². The van der Waals surface area contributed by atoms with Gasteiger partial charge in [-0.05, 0) is 34.5 Å². The van der Waals surface area contributed by atoms with Gasteiger partial charge in [-0.25, -0.2) is 0 Å². The molecule has 0 saturated carbocycles. The fraction of sp³-hybridized carbons (Fsp3) is 0.818. The third-order valence-corrected chi connectivity index (χ3v) is 1.75. The Morgan fingerprint density at radius 3 is 2.14 bits per heavy atom. The van der Waals surface area contributed by atoms with Gasteiger partial charge in [0.2, 0.25) is 0 Å². The second-order valence-corrected chi connectivity index (χ2v) is 4.83. The van der Waals surface area contributed by atoms with Gasteiger partial charge in [0.05, 0.1) is 6.61 Å². The third-order valence-electron chi connectivity index (χ3n) is 1.03. The Labute approximate surface area is 97.4 Å². The molecule has 0 fully saturated rings. The molecule has 0 aliphatic rings. The van der Waals surface area contributed by atoms with E-state index in [1.165, 1.54) is 0 Å². The van der Waals surface area contributed by atoms with Gasteiger partial charge < -0.3 is 9.64 Å². The first-order chi connectivity index (χ1) is 6.40. The molecule has 0 saturated heterocycles. The van der Waals surface area contributed by atoms with E-state index in [0.717, 1.165) is 18.4 Å². The van der Waals surface area contributed by atoms with Crippen molar-refractivity contribution < 1.29 is 4.74 Å². The van der Waals surface area contributed by atoms with Crippen LogP contribution in [0.25, 0.3) is 0 Å². The second kappa shape index (κ2) is 11.2. The molecular weight excluding hydrogens is 242 g/mol. The fourth-order valence-corrected chi connectivity index (χ4v) is 1.13. The molecular formula is C11H24BrNO. The molecule has 1 unspecified atom stereocenters. The van der Waals surface area contributed by atoms with Gasteiger partial charge in [-0.15, -0.1) is 0 Å². The van der Waals surface area contributed by atoms with Crippen LogP contribution >= 0.6 is 15.9 Å². The van der Waals surface area contributed by atoms with E-state index in [1.54, 1.807) is 0 Å². The maximum Gasteiger partial charge on any atom is 0.112 e. The average molecular weight is 266 g/mol. The van der Waals surface area contributed by atoms with E-state index in [-0.39, 0.29) is 5.01 Å². The Balaban J connectivity index is 0. The van der Waals surface area contributed by atoms with Crippen LogP contribution in [-0.4, -0.2) is 37.7 Å². The first kappa shape index (κ1) is 16.6. The van der Waals surface area contributed by atoms with Crippen LogP contribution in [0, 0.1) is 0 Å². The molecule has 3 heteroatoms. The fourth-order valence-electron chi connectivity index (χ4n) is 0.543. The first-order valence-corrected chi connectivity index (χ1v) is 5.82. The molecule has 0 bridgehead atoms. The van der Waals surface area contributed by atoms with E-state index in [1.807, 2.05) is 33.0 Å². The molecule has 0 N–H and O–H groups in total. The average Bonchev–Trinajstić information content (AvgIpc) is 2.00. The monoisotopic (exact) mass is 265 g/mol. The number of halogens is 1. The summed E-state index contributed by atoms with van der Waals surface area (Å²) in [6.07, 6.45) is 2.21. The molecule has 14 heavy (non-hydrogen) atoms. The van der Waals surface area contributed by atoms with Crippen molar-refractivity contribution in [2.75, 3.05) is 27.7 Å². The molecule has 1 atom stereocenters. The molecule has 86 valence electrons. The Kier molecular flexibility index (Phi) is 13.3. The summed E-state index contributed by atoms with van der Waals surface area (Å²) in [6, 6.07) is 0. The van der Waals surface area contributed by atoms with Gasteiger partial charge >= 0.3 is 0 Å². The van der Waals surface area contributed by atoms with E-state index >= 15 is 0 Å². The highest BCUT2D eigenvalue weighted by Gasteiger charge is 2.00. The van der Waals surface area contributed by atoms with Crippen molar-refractivity contribution in [3.8, 4) is 0 Å². The van der Waals surface area contributed by atoms with E-state index in [2.05, 4.69) is 29.4 Å². The lowest BCUT2D eigenvalue weighted by Crippen LogP contribution is -2.05. The van der Waals surface area contributed by atoms with E-state index in [0.29, 0.717) is 6.61 Å². The van der Waals surface area contributed by atoms with Gasteiger partial charge in [-0.2, -0.15) is 0 Å². The summed E-state index contributed by atoms with van der Waals surface area (Å²) in [4.78, 5) is 2.00. The summed E-state index contributed by atoms with van der Waals surface area (Å²) in [5.74, 6) is 0. The lowest BCUT2D eigenvalue weighted by atomic mass is 10.3. The number of nitrogens with zero attached hydrogens (tertiary/aromatic N) is 1. The minimum absolute atomic E-state index is 0.203. The van der Waals surface area contributed by atoms with Gasteiger partial charge in [0.15, 0.2) is 0 Å². The maximum atomic E-state index is 5.36. The standard InChI is InChI=1S/C8H15BrO.C3H9N/c1-4-5-8(9)10-6-7(2)3;1-4(2)3/h8H,2,4-6H2,1,3H3;1-3H3. The smallest absolute Gasteiger partial charge is 0.112 e. The predicted octanol–water partition coefficient (Wildman–Crippen LogP) is 3.28. The molecule has 0 aliphatic heterocycles. The van der Waals surface area contributed by atoms with Crippen molar-refractivity contribution in [2.24, 2.45) is 0 Å². The number of hydrogen-bond acceptors (Lipinski definition) is 2.